The lowest BCUT2D eigenvalue weighted by atomic mass is 10.1. The van der Waals surface area contributed by atoms with Crippen LogP contribution in [-0.2, 0) is 14.6 Å². The molecule has 0 saturated heterocycles. The Morgan fingerprint density at radius 2 is 1.92 bits per heavy atom. The second-order valence-electron chi connectivity index (χ2n) is 7.54. The zero-order valence-electron chi connectivity index (χ0n) is 19.7. The lowest BCUT2D eigenvalue weighted by molar-refractivity contribution is -0.112. The Morgan fingerprint density at radius 3 is 2.58 bits per heavy atom. The SMILES string of the molecule is CCS(=O)(=O)c1nsc(NC(=O)/C(C#N)=C\c2ccc(OCCOc3ccc(C)c(C)c3)c(Cl)c2)n1. The summed E-state index contributed by atoms with van der Waals surface area (Å²) in [5.74, 6) is 0.265. The molecule has 1 aromatic heterocycles. The van der Waals surface area contributed by atoms with Gasteiger partial charge in [-0.1, -0.05) is 30.7 Å². The van der Waals surface area contributed by atoms with Crippen LogP contribution in [0.25, 0.3) is 6.08 Å². The van der Waals surface area contributed by atoms with Crippen molar-refractivity contribution >= 4 is 50.1 Å². The maximum atomic E-state index is 12.5. The molecule has 9 nitrogen and oxygen atoms in total. The van der Waals surface area contributed by atoms with Crippen molar-refractivity contribution in [3.8, 4) is 17.6 Å². The highest BCUT2D eigenvalue weighted by atomic mass is 35.5. The van der Waals surface area contributed by atoms with Crippen LogP contribution in [0.15, 0.2) is 47.1 Å². The summed E-state index contributed by atoms with van der Waals surface area (Å²) in [7, 11) is -3.60. The molecular formula is C24H23ClN4O5S2. The molecule has 0 aliphatic heterocycles. The number of nitrogens with one attached hydrogen (secondary N) is 1. The molecule has 1 N–H and O–H groups in total. The van der Waals surface area contributed by atoms with Crippen LogP contribution in [0.5, 0.6) is 11.5 Å². The Bertz CT molecular complexity index is 1440. The number of anilines is 1. The minimum Gasteiger partial charge on any atom is -0.490 e. The van der Waals surface area contributed by atoms with Gasteiger partial charge >= 0.3 is 0 Å². The van der Waals surface area contributed by atoms with Gasteiger partial charge < -0.3 is 9.47 Å². The molecule has 0 unspecified atom stereocenters. The van der Waals surface area contributed by atoms with Crippen molar-refractivity contribution in [2.24, 2.45) is 0 Å². The summed E-state index contributed by atoms with van der Waals surface area (Å²) in [6.45, 7) is 6.11. The maximum Gasteiger partial charge on any atom is 0.268 e. The number of benzene rings is 2. The molecule has 0 fully saturated rings. The minimum atomic E-state index is -3.60. The van der Waals surface area contributed by atoms with Crippen molar-refractivity contribution < 1.29 is 22.7 Å². The predicted molar refractivity (Wildman–Crippen MR) is 138 cm³/mol. The third-order valence-electron chi connectivity index (χ3n) is 5.01. The van der Waals surface area contributed by atoms with E-state index < -0.39 is 15.7 Å². The molecule has 0 radical (unpaired) electrons. The number of nitrogens with zero attached hydrogens (tertiary/aromatic N) is 3. The molecule has 0 bridgehead atoms. The second-order valence-corrected chi connectivity index (χ2v) is 10.9. The first-order valence-corrected chi connectivity index (χ1v) is 13.6. The largest absolute Gasteiger partial charge is 0.490 e. The number of halogens is 1. The summed E-state index contributed by atoms with van der Waals surface area (Å²) in [6.07, 6.45) is 1.35. The molecule has 0 atom stereocenters. The lowest BCUT2D eigenvalue weighted by Crippen LogP contribution is -2.13. The first-order chi connectivity index (χ1) is 17.1. The predicted octanol–water partition coefficient (Wildman–Crippen LogP) is 4.61. The molecule has 0 saturated carbocycles. The average molecular weight is 547 g/mol. The number of nitriles is 1. The fourth-order valence-electron chi connectivity index (χ4n) is 2.83. The number of sulfone groups is 1. The van der Waals surface area contributed by atoms with Crippen LogP contribution in [-0.4, -0.2) is 42.6 Å². The highest BCUT2D eigenvalue weighted by Gasteiger charge is 2.20. The van der Waals surface area contributed by atoms with Crippen LogP contribution in [0.1, 0.15) is 23.6 Å². The van der Waals surface area contributed by atoms with E-state index in [4.69, 9.17) is 21.1 Å². The van der Waals surface area contributed by atoms with Crippen molar-refractivity contribution in [1.82, 2.24) is 9.36 Å². The number of ether oxygens (including phenoxy) is 2. The van der Waals surface area contributed by atoms with E-state index in [-0.39, 0.29) is 28.2 Å². The highest BCUT2D eigenvalue weighted by Crippen LogP contribution is 2.27. The molecule has 1 heterocycles. The van der Waals surface area contributed by atoms with Crippen LogP contribution in [0, 0.1) is 25.2 Å². The van der Waals surface area contributed by atoms with Gasteiger partial charge in [0.15, 0.2) is 0 Å². The van der Waals surface area contributed by atoms with Crippen LogP contribution < -0.4 is 14.8 Å². The van der Waals surface area contributed by atoms with Gasteiger partial charge in [-0.25, -0.2) is 8.42 Å². The summed E-state index contributed by atoms with van der Waals surface area (Å²) in [5.41, 5.74) is 2.60. The standard InChI is InChI=1S/C24H23ClN4O5S2/c1-4-36(31,32)24-28-23(35-29-24)27-22(30)18(14-26)12-17-6-8-21(20(25)13-17)34-10-9-33-19-7-5-15(2)16(3)11-19/h5-8,11-13H,4,9-10H2,1-3H3,(H,27,28,29,30)/b18-12-. The Kier molecular flexibility index (Phi) is 9.03. The normalized spacial score (nSPS) is 11.6. The third kappa shape index (κ3) is 7.04. The van der Waals surface area contributed by atoms with Gasteiger partial charge in [-0.3, -0.25) is 10.1 Å². The number of amides is 1. The molecule has 0 aliphatic carbocycles. The number of rotatable bonds is 10. The van der Waals surface area contributed by atoms with Crippen molar-refractivity contribution in [2.45, 2.75) is 25.9 Å². The molecule has 188 valence electrons. The molecule has 2 aromatic carbocycles. The van der Waals surface area contributed by atoms with Gasteiger partial charge in [-0.2, -0.15) is 14.6 Å². The van der Waals surface area contributed by atoms with Crippen LogP contribution in [0.2, 0.25) is 5.02 Å². The second kappa shape index (κ2) is 12.0. The van der Waals surface area contributed by atoms with Crippen LogP contribution >= 0.6 is 23.1 Å². The number of hydrogen-bond acceptors (Lipinski definition) is 9. The molecule has 0 aliphatic rings. The summed E-state index contributed by atoms with van der Waals surface area (Å²) < 4.78 is 38.8. The zero-order valence-corrected chi connectivity index (χ0v) is 22.1. The first kappa shape index (κ1) is 27.1. The first-order valence-electron chi connectivity index (χ1n) is 10.7. The van der Waals surface area contributed by atoms with Crippen molar-refractivity contribution in [1.29, 1.82) is 5.26 Å². The molecule has 3 rings (SSSR count). The third-order valence-corrected chi connectivity index (χ3v) is 7.55. The topological polar surface area (TPSA) is 131 Å². The van der Waals surface area contributed by atoms with E-state index in [1.54, 1.807) is 18.2 Å². The Labute approximate surface area is 218 Å². The lowest BCUT2D eigenvalue weighted by Gasteiger charge is -2.11. The molecule has 1 amide bonds. The van der Waals surface area contributed by atoms with Crippen LogP contribution in [0.3, 0.4) is 0 Å². The maximum absolute atomic E-state index is 12.5. The van der Waals surface area contributed by atoms with E-state index in [9.17, 15) is 18.5 Å². The summed E-state index contributed by atoms with van der Waals surface area (Å²) in [4.78, 5) is 16.3. The van der Waals surface area contributed by atoms with E-state index in [2.05, 4.69) is 14.7 Å². The average Bonchev–Trinajstić information content (AvgIpc) is 3.32. The molecular weight excluding hydrogens is 524 g/mol. The Morgan fingerprint density at radius 1 is 1.17 bits per heavy atom. The van der Waals surface area contributed by atoms with Gasteiger partial charge in [-0.15, -0.1) is 0 Å². The van der Waals surface area contributed by atoms with Gasteiger partial charge in [0.05, 0.1) is 10.8 Å². The fourth-order valence-corrected chi connectivity index (χ4v) is 4.66. The van der Waals surface area contributed by atoms with Gasteiger partial charge in [0.25, 0.3) is 11.1 Å². The number of aryl methyl sites for hydroxylation is 2. The summed E-state index contributed by atoms with van der Waals surface area (Å²) >= 11 is 7.02. The fraction of sp³-hybridized carbons (Fsp3) is 0.250. The van der Waals surface area contributed by atoms with Crippen molar-refractivity contribution in [3.05, 3.63) is 63.7 Å². The van der Waals surface area contributed by atoms with E-state index in [0.717, 1.165) is 11.3 Å². The van der Waals surface area contributed by atoms with Gasteiger partial charge in [0.1, 0.15) is 36.4 Å². The highest BCUT2D eigenvalue weighted by molar-refractivity contribution is 7.91. The summed E-state index contributed by atoms with van der Waals surface area (Å²) in [5, 5.41) is 11.7. The van der Waals surface area contributed by atoms with E-state index in [1.165, 1.54) is 18.6 Å². The van der Waals surface area contributed by atoms with E-state index in [0.29, 0.717) is 34.5 Å². The quantitative estimate of drug-likeness (QED) is 0.221. The van der Waals surface area contributed by atoms with E-state index >= 15 is 0 Å². The monoisotopic (exact) mass is 546 g/mol. The summed E-state index contributed by atoms with van der Waals surface area (Å²) in [6, 6.07) is 12.5. The van der Waals surface area contributed by atoms with Gasteiger partial charge in [0, 0.05) is 11.5 Å². The van der Waals surface area contributed by atoms with Gasteiger partial charge in [-0.05, 0) is 60.9 Å². The number of carbonyl (C=O) groups is 1. The smallest absolute Gasteiger partial charge is 0.268 e. The van der Waals surface area contributed by atoms with Crippen molar-refractivity contribution in [3.63, 3.8) is 0 Å². The number of carbonyl (C=O) groups excluding carboxylic acids is 1. The molecule has 36 heavy (non-hydrogen) atoms. The molecule has 0 spiro atoms. The van der Waals surface area contributed by atoms with Gasteiger partial charge in [0.2, 0.25) is 15.0 Å². The number of aromatic nitrogens is 2. The molecule has 3 aromatic rings. The van der Waals surface area contributed by atoms with Crippen molar-refractivity contribution in [2.75, 3.05) is 24.3 Å². The Balaban J connectivity index is 1.60. The number of hydrogen-bond donors (Lipinski definition) is 1. The minimum absolute atomic E-state index is 0.0297. The van der Waals surface area contributed by atoms with E-state index in [1.807, 2.05) is 38.1 Å². The van der Waals surface area contributed by atoms with Crippen LogP contribution in [0.4, 0.5) is 5.13 Å². The molecule has 12 heteroatoms. The Hall–Kier alpha value is -3.46. The zero-order chi connectivity index (χ0) is 26.3.